The van der Waals surface area contributed by atoms with Gasteiger partial charge in [0, 0.05) is 29.3 Å². The van der Waals surface area contributed by atoms with Crippen molar-refractivity contribution in [1.82, 2.24) is 5.32 Å². The molecule has 0 atom stereocenters. The lowest BCUT2D eigenvalue weighted by Crippen LogP contribution is -2.33. The van der Waals surface area contributed by atoms with Gasteiger partial charge in [0.15, 0.2) is 0 Å². The first-order valence-electron chi connectivity index (χ1n) is 4.47. The average Bonchev–Trinajstić information content (AvgIpc) is 2.56. The lowest BCUT2D eigenvalue weighted by Gasteiger charge is -2.23. The Balaban J connectivity index is 2.46. The topological polar surface area (TPSA) is 12.0 Å². The molecule has 1 rings (SSSR count). The lowest BCUT2D eigenvalue weighted by molar-refractivity contribution is 0.487. The molecule has 0 saturated carbocycles. The zero-order chi connectivity index (χ0) is 9.73. The van der Waals surface area contributed by atoms with Gasteiger partial charge in [-0.3, -0.25) is 0 Å². The van der Waals surface area contributed by atoms with Gasteiger partial charge >= 0.3 is 0 Å². The summed E-state index contributed by atoms with van der Waals surface area (Å²) in [6.07, 6.45) is 0. The molecule has 0 spiro atoms. The van der Waals surface area contributed by atoms with E-state index >= 15 is 0 Å². The summed E-state index contributed by atoms with van der Waals surface area (Å²) in [4.78, 5) is 1.43. The Labute approximate surface area is 89.1 Å². The van der Waals surface area contributed by atoms with E-state index in [4.69, 9.17) is 11.6 Å². The Morgan fingerprint density at radius 2 is 2.31 bits per heavy atom. The van der Waals surface area contributed by atoms with Gasteiger partial charge in [0.1, 0.15) is 0 Å². The number of rotatable bonds is 5. The maximum absolute atomic E-state index is 5.60. The third-order valence-corrected chi connectivity index (χ3v) is 3.45. The number of thiophene rings is 1. The standard InChI is InChI=1S/C10H16ClNS/c1-10(2,8-12-6-5-11)9-4-3-7-13-9/h3-4,7,12H,5-6,8H2,1-2H3. The highest BCUT2D eigenvalue weighted by molar-refractivity contribution is 7.10. The average molecular weight is 218 g/mol. The van der Waals surface area contributed by atoms with Crippen LogP contribution in [0.4, 0.5) is 0 Å². The van der Waals surface area contributed by atoms with E-state index in [0.29, 0.717) is 5.88 Å². The van der Waals surface area contributed by atoms with Gasteiger partial charge in [-0.2, -0.15) is 0 Å². The van der Waals surface area contributed by atoms with E-state index in [2.05, 4.69) is 36.7 Å². The van der Waals surface area contributed by atoms with Crippen molar-refractivity contribution in [2.24, 2.45) is 0 Å². The molecule has 0 fully saturated rings. The van der Waals surface area contributed by atoms with Crippen LogP contribution in [0.5, 0.6) is 0 Å². The van der Waals surface area contributed by atoms with Crippen LogP contribution < -0.4 is 5.32 Å². The van der Waals surface area contributed by atoms with Crippen molar-refractivity contribution in [3.63, 3.8) is 0 Å². The van der Waals surface area contributed by atoms with E-state index < -0.39 is 0 Å². The van der Waals surface area contributed by atoms with E-state index in [0.717, 1.165) is 13.1 Å². The fourth-order valence-electron chi connectivity index (χ4n) is 1.22. The summed E-state index contributed by atoms with van der Waals surface area (Å²) in [6.45, 7) is 6.37. The summed E-state index contributed by atoms with van der Waals surface area (Å²) in [5, 5.41) is 5.46. The minimum Gasteiger partial charge on any atom is -0.315 e. The predicted octanol–water partition coefficient (Wildman–Crippen LogP) is 2.85. The maximum Gasteiger partial charge on any atom is 0.0348 e. The first kappa shape index (κ1) is 11.0. The normalized spacial score (nSPS) is 11.9. The molecule has 1 heterocycles. The molecule has 0 aromatic carbocycles. The summed E-state index contributed by atoms with van der Waals surface area (Å²) in [5.74, 6) is 0.681. The van der Waals surface area contributed by atoms with Crippen molar-refractivity contribution in [3.8, 4) is 0 Å². The van der Waals surface area contributed by atoms with Gasteiger partial charge in [-0.1, -0.05) is 19.9 Å². The van der Waals surface area contributed by atoms with Crippen molar-refractivity contribution < 1.29 is 0 Å². The molecule has 0 saturated heterocycles. The third kappa shape index (κ3) is 3.29. The highest BCUT2D eigenvalue weighted by atomic mass is 35.5. The van der Waals surface area contributed by atoms with Gasteiger partial charge in [0.25, 0.3) is 0 Å². The minimum absolute atomic E-state index is 0.222. The van der Waals surface area contributed by atoms with Crippen LogP contribution in [0.15, 0.2) is 17.5 Å². The molecule has 1 N–H and O–H groups in total. The zero-order valence-electron chi connectivity index (χ0n) is 8.14. The van der Waals surface area contributed by atoms with E-state index in [9.17, 15) is 0 Å². The molecule has 0 radical (unpaired) electrons. The van der Waals surface area contributed by atoms with E-state index in [-0.39, 0.29) is 5.41 Å². The molecule has 0 aliphatic rings. The lowest BCUT2D eigenvalue weighted by atomic mass is 9.91. The molecule has 0 bridgehead atoms. The second-order valence-corrected chi connectivity index (χ2v) is 5.05. The molecule has 1 nitrogen and oxygen atoms in total. The molecule has 13 heavy (non-hydrogen) atoms. The van der Waals surface area contributed by atoms with Crippen molar-refractivity contribution in [3.05, 3.63) is 22.4 Å². The van der Waals surface area contributed by atoms with E-state index in [1.807, 2.05) is 11.3 Å². The Bertz CT molecular complexity index is 231. The maximum atomic E-state index is 5.60. The van der Waals surface area contributed by atoms with Crippen molar-refractivity contribution in [2.45, 2.75) is 19.3 Å². The van der Waals surface area contributed by atoms with Crippen LogP contribution in [0.2, 0.25) is 0 Å². The number of hydrogen-bond donors (Lipinski definition) is 1. The molecular formula is C10H16ClNS. The van der Waals surface area contributed by atoms with Gasteiger partial charge in [-0.15, -0.1) is 22.9 Å². The van der Waals surface area contributed by atoms with Crippen LogP contribution >= 0.6 is 22.9 Å². The Morgan fingerprint density at radius 1 is 1.54 bits per heavy atom. The van der Waals surface area contributed by atoms with E-state index in [1.165, 1.54) is 4.88 Å². The smallest absolute Gasteiger partial charge is 0.0348 e. The van der Waals surface area contributed by atoms with Gasteiger partial charge in [-0.05, 0) is 11.4 Å². The monoisotopic (exact) mass is 217 g/mol. The Hall–Kier alpha value is -0.0500. The van der Waals surface area contributed by atoms with Crippen molar-refractivity contribution in [2.75, 3.05) is 19.0 Å². The quantitative estimate of drug-likeness (QED) is 0.591. The molecule has 0 aliphatic carbocycles. The molecule has 3 heteroatoms. The van der Waals surface area contributed by atoms with Crippen molar-refractivity contribution >= 4 is 22.9 Å². The van der Waals surface area contributed by atoms with Crippen LogP contribution in [0.3, 0.4) is 0 Å². The zero-order valence-corrected chi connectivity index (χ0v) is 9.71. The molecule has 1 aromatic heterocycles. The second kappa shape index (κ2) is 4.99. The fraction of sp³-hybridized carbons (Fsp3) is 0.600. The van der Waals surface area contributed by atoms with Gasteiger partial charge < -0.3 is 5.32 Å². The summed E-state index contributed by atoms with van der Waals surface area (Å²) in [5.41, 5.74) is 0.222. The van der Waals surface area contributed by atoms with Gasteiger partial charge in [-0.25, -0.2) is 0 Å². The summed E-state index contributed by atoms with van der Waals surface area (Å²) >= 11 is 7.41. The van der Waals surface area contributed by atoms with Gasteiger partial charge in [0.2, 0.25) is 0 Å². The molecule has 0 unspecified atom stereocenters. The second-order valence-electron chi connectivity index (χ2n) is 3.73. The molecule has 1 aromatic rings. The van der Waals surface area contributed by atoms with Crippen LogP contribution in [0.25, 0.3) is 0 Å². The highest BCUT2D eigenvalue weighted by Crippen LogP contribution is 2.26. The van der Waals surface area contributed by atoms with Crippen molar-refractivity contribution in [1.29, 1.82) is 0 Å². The minimum atomic E-state index is 0.222. The molecular weight excluding hydrogens is 202 g/mol. The third-order valence-electron chi connectivity index (χ3n) is 2.03. The summed E-state index contributed by atoms with van der Waals surface area (Å²) in [7, 11) is 0. The first-order chi connectivity index (χ1) is 6.17. The highest BCUT2D eigenvalue weighted by Gasteiger charge is 2.20. The summed E-state index contributed by atoms with van der Waals surface area (Å²) in [6, 6.07) is 4.29. The molecule has 0 aliphatic heterocycles. The van der Waals surface area contributed by atoms with Crippen LogP contribution in [-0.2, 0) is 5.41 Å². The van der Waals surface area contributed by atoms with Gasteiger partial charge in [0.05, 0.1) is 0 Å². The van der Waals surface area contributed by atoms with E-state index in [1.54, 1.807) is 0 Å². The number of nitrogens with one attached hydrogen (secondary N) is 1. The SMILES string of the molecule is CC(C)(CNCCCl)c1cccs1. The van der Waals surface area contributed by atoms with Crippen LogP contribution in [0.1, 0.15) is 18.7 Å². The number of hydrogen-bond acceptors (Lipinski definition) is 2. The Morgan fingerprint density at radius 3 is 2.85 bits per heavy atom. The van der Waals surface area contributed by atoms with Crippen LogP contribution in [0, 0.1) is 0 Å². The van der Waals surface area contributed by atoms with Crippen LogP contribution in [-0.4, -0.2) is 19.0 Å². The fourth-order valence-corrected chi connectivity index (χ4v) is 2.20. The predicted molar refractivity (Wildman–Crippen MR) is 60.9 cm³/mol. The number of alkyl halides is 1. The Kier molecular flexibility index (Phi) is 4.23. The largest absolute Gasteiger partial charge is 0.315 e. The molecule has 74 valence electrons. The first-order valence-corrected chi connectivity index (χ1v) is 5.89. The molecule has 0 amide bonds. The summed E-state index contributed by atoms with van der Waals surface area (Å²) < 4.78 is 0. The number of halogens is 1.